The van der Waals surface area contributed by atoms with Gasteiger partial charge in [-0.25, -0.2) is 19.0 Å². The van der Waals surface area contributed by atoms with Crippen molar-refractivity contribution in [2.75, 3.05) is 13.2 Å². The van der Waals surface area contributed by atoms with Crippen LogP contribution < -0.4 is 11.3 Å². The van der Waals surface area contributed by atoms with Crippen molar-refractivity contribution in [1.29, 1.82) is 0 Å². The lowest BCUT2D eigenvalue weighted by Crippen LogP contribution is -2.19. The Morgan fingerprint density at radius 1 is 0.729 bits per heavy atom. The van der Waals surface area contributed by atoms with Crippen molar-refractivity contribution in [2.24, 2.45) is 0 Å². The number of rotatable bonds is 4. The minimum atomic E-state index is -0.292. The second-order valence-corrected chi connectivity index (χ2v) is 15.4. The topological polar surface area (TPSA) is 115 Å². The third kappa shape index (κ3) is 6.33. The molecule has 0 radical (unpaired) electrons. The molecule has 2 aliphatic rings. The zero-order chi connectivity index (χ0) is 33.7. The van der Waals surface area contributed by atoms with Gasteiger partial charge in [-0.3, -0.25) is 0 Å². The molecule has 2 atom stereocenters. The maximum Gasteiger partial charge on any atom is 0.343 e. The van der Waals surface area contributed by atoms with E-state index in [1.165, 1.54) is 0 Å². The summed E-state index contributed by atoms with van der Waals surface area (Å²) in [7, 11) is 0. The van der Waals surface area contributed by atoms with Gasteiger partial charge in [0.05, 0.1) is 35.1 Å². The van der Waals surface area contributed by atoms with Gasteiger partial charge in [-0.05, 0) is 108 Å². The average molecular weight is 877 g/mol. The van der Waals surface area contributed by atoms with Gasteiger partial charge in [0.15, 0.2) is 6.23 Å². The van der Waals surface area contributed by atoms with Crippen LogP contribution in [0, 0.1) is 7.14 Å². The number of benzene rings is 2. The molecule has 0 N–H and O–H groups in total. The number of fused-ring (bicyclic) bond motifs is 4. The van der Waals surface area contributed by atoms with Gasteiger partial charge in [0.2, 0.25) is 0 Å². The van der Waals surface area contributed by atoms with Gasteiger partial charge in [0, 0.05) is 52.8 Å². The normalized spacial score (nSPS) is 18.8. The van der Waals surface area contributed by atoms with Crippen LogP contribution in [0.1, 0.15) is 102 Å². The molecule has 2 fully saturated rings. The molecule has 8 rings (SSSR count). The Kier molecular flexibility index (Phi) is 9.70. The summed E-state index contributed by atoms with van der Waals surface area (Å²) in [5.41, 5.74) is 1.15. The number of hydrogen-bond acceptors (Lipinski definition) is 8. The van der Waals surface area contributed by atoms with Gasteiger partial charge < -0.3 is 18.3 Å². The molecular weight excluding hydrogens is 838 g/mol. The number of ether oxygens (including phenoxy) is 2. The fourth-order valence-corrected chi connectivity index (χ4v) is 8.88. The summed E-state index contributed by atoms with van der Waals surface area (Å²) in [6.07, 6.45) is 10.2. The first-order valence-electron chi connectivity index (χ1n) is 16.6. The SMILES string of the molecule is CC(C)c1oc(=O)c2cc3c(cnn3C3CCCCO3)cc2c1I.CC(C)c1oc(=O)c2cc3nn(C4CCCCO4)cc3cc2c1I. The molecule has 2 aliphatic heterocycles. The summed E-state index contributed by atoms with van der Waals surface area (Å²) < 4.78 is 28.5. The maximum absolute atomic E-state index is 12.5. The Morgan fingerprint density at radius 2 is 1.29 bits per heavy atom. The lowest BCUT2D eigenvalue weighted by atomic mass is 10.1. The summed E-state index contributed by atoms with van der Waals surface area (Å²) in [6, 6.07) is 7.82. The molecule has 6 heterocycles. The lowest BCUT2D eigenvalue weighted by molar-refractivity contribution is -0.0390. The van der Waals surface area contributed by atoms with Crippen LogP contribution in [-0.4, -0.2) is 32.8 Å². The van der Waals surface area contributed by atoms with Gasteiger partial charge in [-0.2, -0.15) is 10.2 Å². The minimum absolute atomic E-state index is 0.00373. The van der Waals surface area contributed by atoms with E-state index in [1.807, 2.05) is 73.7 Å². The van der Waals surface area contributed by atoms with Crippen molar-refractivity contribution >= 4 is 88.5 Å². The highest BCUT2D eigenvalue weighted by Crippen LogP contribution is 2.33. The van der Waals surface area contributed by atoms with Crippen molar-refractivity contribution in [3.8, 4) is 0 Å². The monoisotopic (exact) mass is 876 g/mol. The standard InChI is InChI=1S/2C18H19IN2O3/c1-10(2)17-16(19)12-7-11-9-21(15-5-3-4-6-23-15)20-14(11)8-13(12)18(22)24-17;1-10(2)17-16(19)12-7-11-9-20-21(15-5-3-4-6-23-15)14(11)8-13(12)18(22)24-17/h2*7-10,15H,3-6H2,1-2H3. The van der Waals surface area contributed by atoms with Crippen molar-refractivity contribution < 1.29 is 18.3 Å². The first-order chi connectivity index (χ1) is 23.1. The first kappa shape index (κ1) is 33.7. The summed E-state index contributed by atoms with van der Waals surface area (Å²) in [4.78, 5) is 24.9. The highest BCUT2D eigenvalue weighted by atomic mass is 127. The molecule has 2 aromatic carbocycles. The van der Waals surface area contributed by atoms with Gasteiger partial charge in [0.25, 0.3) is 0 Å². The minimum Gasteiger partial charge on any atom is -0.426 e. The molecule has 4 aromatic heterocycles. The van der Waals surface area contributed by atoms with E-state index in [0.29, 0.717) is 10.8 Å². The highest BCUT2D eigenvalue weighted by molar-refractivity contribution is 14.1. The van der Waals surface area contributed by atoms with Crippen LogP contribution in [0.15, 0.2) is 55.1 Å². The summed E-state index contributed by atoms with van der Waals surface area (Å²) >= 11 is 4.54. The second kappa shape index (κ2) is 13.8. The van der Waals surface area contributed by atoms with E-state index in [-0.39, 0.29) is 35.5 Å². The zero-order valence-corrected chi connectivity index (χ0v) is 31.7. The van der Waals surface area contributed by atoms with Crippen molar-refractivity contribution in [3.05, 3.63) is 76.2 Å². The fourth-order valence-electron chi connectivity index (χ4n) is 6.52. The number of aromatic nitrogens is 4. The third-order valence-electron chi connectivity index (χ3n) is 9.07. The van der Waals surface area contributed by atoms with Crippen molar-refractivity contribution in [3.63, 3.8) is 0 Å². The number of nitrogens with zero attached hydrogens (tertiary/aromatic N) is 4. The third-order valence-corrected chi connectivity index (χ3v) is 11.3. The predicted molar refractivity (Wildman–Crippen MR) is 203 cm³/mol. The molecule has 2 unspecified atom stereocenters. The molecule has 252 valence electrons. The van der Waals surface area contributed by atoms with Crippen LogP contribution in [0.5, 0.6) is 0 Å². The van der Waals surface area contributed by atoms with E-state index < -0.39 is 0 Å². The second-order valence-electron chi connectivity index (χ2n) is 13.2. The van der Waals surface area contributed by atoms with Crippen LogP contribution in [0.2, 0.25) is 0 Å². The Balaban J connectivity index is 0.000000152. The summed E-state index contributed by atoms with van der Waals surface area (Å²) in [5.74, 6) is 1.83. The van der Waals surface area contributed by atoms with E-state index >= 15 is 0 Å². The molecule has 2 saturated heterocycles. The summed E-state index contributed by atoms with van der Waals surface area (Å²) in [6.45, 7) is 9.67. The van der Waals surface area contributed by atoms with Crippen LogP contribution in [0.3, 0.4) is 0 Å². The van der Waals surface area contributed by atoms with Gasteiger partial charge >= 0.3 is 11.3 Å². The molecule has 48 heavy (non-hydrogen) atoms. The molecule has 12 heteroatoms. The van der Waals surface area contributed by atoms with Crippen molar-refractivity contribution in [1.82, 2.24) is 19.6 Å². The molecular formula is C36H38I2N4O6. The van der Waals surface area contributed by atoms with Gasteiger partial charge in [-0.15, -0.1) is 0 Å². The van der Waals surface area contributed by atoms with Crippen LogP contribution in [0.4, 0.5) is 0 Å². The maximum atomic E-state index is 12.5. The van der Waals surface area contributed by atoms with Crippen LogP contribution in [-0.2, 0) is 9.47 Å². The number of hydrogen-bond donors (Lipinski definition) is 0. The summed E-state index contributed by atoms with van der Waals surface area (Å²) in [5, 5.41) is 14.3. The Labute approximate surface area is 304 Å². The molecule has 6 aromatic rings. The molecule has 0 saturated carbocycles. The quantitative estimate of drug-likeness (QED) is 0.161. The fraction of sp³-hybridized carbons (Fsp3) is 0.444. The van der Waals surface area contributed by atoms with Crippen LogP contribution >= 0.6 is 45.2 Å². The Morgan fingerprint density at radius 3 is 1.85 bits per heavy atom. The lowest BCUT2D eigenvalue weighted by Gasteiger charge is -2.23. The smallest absolute Gasteiger partial charge is 0.343 e. The van der Waals surface area contributed by atoms with Crippen molar-refractivity contribution in [2.45, 2.75) is 90.5 Å². The van der Waals surface area contributed by atoms with E-state index in [1.54, 1.807) is 0 Å². The van der Waals surface area contributed by atoms with Gasteiger partial charge in [0.1, 0.15) is 17.7 Å². The van der Waals surface area contributed by atoms with E-state index in [0.717, 1.165) is 103 Å². The molecule has 0 aliphatic carbocycles. The van der Waals surface area contributed by atoms with E-state index in [4.69, 9.17) is 18.3 Å². The van der Waals surface area contributed by atoms with Crippen LogP contribution in [0.25, 0.3) is 43.4 Å². The highest BCUT2D eigenvalue weighted by Gasteiger charge is 2.22. The Hall–Kier alpha value is -2.82. The average Bonchev–Trinajstić information content (AvgIpc) is 3.71. The predicted octanol–water partition coefficient (Wildman–Crippen LogP) is 9.14. The van der Waals surface area contributed by atoms with E-state index in [2.05, 4.69) is 55.4 Å². The first-order valence-corrected chi connectivity index (χ1v) is 18.8. The molecule has 10 nitrogen and oxygen atoms in total. The van der Waals surface area contributed by atoms with E-state index in [9.17, 15) is 9.59 Å². The molecule has 0 bridgehead atoms. The van der Waals surface area contributed by atoms with Gasteiger partial charge in [-0.1, -0.05) is 27.7 Å². The molecule has 0 spiro atoms. The zero-order valence-electron chi connectivity index (χ0n) is 27.4. The number of halogens is 2. The largest absolute Gasteiger partial charge is 0.426 e. The Bertz CT molecular complexity index is 2220. The molecule has 0 amide bonds.